The van der Waals surface area contributed by atoms with Crippen LogP contribution in [0.4, 0.5) is 0 Å². The fraction of sp³-hybridized carbons (Fsp3) is 0.312. The summed E-state index contributed by atoms with van der Waals surface area (Å²) < 4.78 is 10.0. The first-order valence-electron chi connectivity index (χ1n) is 7.68. The minimum absolute atomic E-state index is 0.0801. The summed E-state index contributed by atoms with van der Waals surface area (Å²) in [7, 11) is 1.57. The van der Waals surface area contributed by atoms with Crippen LogP contribution < -0.4 is 4.74 Å². The second-order valence-corrected chi connectivity index (χ2v) is 5.38. The molecule has 0 spiro atoms. The van der Waals surface area contributed by atoms with E-state index < -0.39 is 35.5 Å². The predicted octanol–water partition coefficient (Wildman–Crippen LogP) is 1.72. The van der Waals surface area contributed by atoms with Crippen molar-refractivity contribution in [2.24, 2.45) is 0 Å². The van der Waals surface area contributed by atoms with Crippen LogP contribution in [0, 0.1) is 20.2 Å². The van der Waals surface area contributed by atoms with Crippen LogP contribution in [0.25, 0.3) is 10.8 Å². The highest BCUT2D eigenvalue weighted by atomic mass is 17.0. The Kier molecular flexibility index (Phi) is 6.69. The molecule has 0 aliphatic heterocycles. The van der Waals surface area contributed by atoms with Crippen LogP contribution in [0.15, 0.2) is 36.4 Å². The van der Waals surface area contributed by atoms with E-state index in [1.807, 2.05) is 18.2 Å². The zero-order valence-corrected chi connectivity index (χ0v) is 14.2. The van der Waals surface area contributed by atoms with Gasteiger partial charge in [0.25, 0.3) is 10.2 Å². The monoisotopic (exact) mass is 380 g/mol. The fourth-order valence-electron chi connectivity index (χ4n) is 2.29. The normalized spacial score (nSPS) is 11.4. The van der Waals surface area contributed by atoms with Gasteiger partial charge in [-0.1, -0.05) is 24.3 Å². The molecule has 11 heteroatoms. The molecule has 0 fully saturated rings. The van der Waals surface area contributed by atoms with Gasteiger partial charge in [0.2, 0.25) is 0 Å². The lowest BCUT2D eigenvalue weighted by atomic mass is 10.0. The van der Waals surface area contributed by atoms with Gasteiger partial charge in [0, 0.05) is 0 Å². The zero-order chi connectivity index (χ0) is 19.8. The first kappa shape index (κ1) is 19.7. The van der Waals surface area contributed by atoms with Crippen LogP contribution in [0.5, 0.6) is 5.75 Å². The Bertz CT molecular complexity index is 840. The van der Waals surface area contributed by atoms with E-state index >= 15 is 0 Å². The van der Waals surface area contributed by atoms with Crippen molar-refractivity contribution in [3.63, 3.8) is 0 Å². The lowest BCUT2D eigenvalue weighted by molar-refractivity contribution is -0.790. The van der Waals surface area contributed by atoms with Gasteiger partial charge in [-0.2, -0.15) is 0 Å². The summed E-state index contributed by atoms with van der Waals surface area (Å²) in [5, 5.41) is 20.1. The first-order chi connectivity index (χ1) is 12.9. The number of rotatable bonds is 10. The van der Waals surface area contributed by atoms with Crippen LogP contribution in [0.1, 0.15) is 5.56 Å². The van der Waals surface area contributed by atoms with Crippen molar-refractivity contribution >= 4 is 16.7 Å². The molecule has 0 N–H and O–H groups in total. The molecule has 0 amide bonds. The average Bonchev–Trinajstić information content (AvgIpc) is 2.63. The molecule has 0 radical (unpaired) electrons. The molecule has 0 aromatic heterocycles. The molecular weight excluding hydrogens is 364 g/mol. The molecule has 0 bridgehead atoms. The Labute approximate surface area is 152 Å². The van der Waals surface area contributed by atoms with Crippen LogP contribution >= 0.6 is 0 Å². The minimum atomic E-state index is -1.40. The Hall–Kier alpha value is -3.63. The standard InChI is InChI=1S/C16H16N2O9/c1-24-14-5-4-12-6-11(2-3-13(12)8-14)7-16(19)25-9-15(27-18(22)23)10-26-17(20)21/h2-6,8,15H,7,9-10H2,1H3. The van der Waals surface area contributed by atoms with Gasteiger partial charge in [-0.15, -0.1) is 20.2 Å². The van der Waals surface area contributed by atoms with Gasteiger partial charge in [0.05, 0.1) is 13.5 Å². The third kappa shape index (κ3) is 6.30. The minimum Gasteiger partial charge on any atom is -0.497 e. The first-order valence-corrected chi connectivity index (χ1v) is 7.68. The summed E-state index contributed by atoms with van der Waals surface area (Å²) in [6.07, 6.45) is -1.48. The van der Waals surface area contributed by atoms with Gasteiger partial charge in [0.1, 0.15) is 19.0 Å². The quantitative estimate of drug-likeness (QED) is 0.342. The van der Waals surface area contributed by atoms with E-state index in [0.29, 0.717) is 11.3 Å². The maximum atomic E-state index is 11.9. The molecule has 2 aromatic rings. The van der Waals surface area contributed by atoms with E-state index in [4.69, 9.17) is 9.47 Å². The summed E-state index contributed by atoms with van der Waals surface area (Å²) in [4.78, 5) is 40.7. The van der Waals surface area contributed by atoms with E-state index in [1.54, 1.807) is 25.3 Å². The van der Waals surface area contributed by atoms with Crippen LogP contribution in [0.2, 0.25) is 0 Å². The molecule has 1 atom stereocenters. The van der Waals surface area contributed by atoms with Crippen molar-refractivity contribution in [1.29, 1.82) is 0 Å². The molecule has 0 heterocycles. The summed E-state index contributed by atoms with van der Waals surface area (Å²) in [6.45, 7) is -1.29. The van der Waals surface area contributed by atoms with Gasteiger partial charge in [-0.05, 0) is 28.5 Å². The molecule has 0 aliphatic carbocycles. The molecule has 0 saturated carbocycles. The topological polar surface area (TPSA) is 140 Å². The van der Waals surface area contributed by atoms with Gasteiger partial charge < -0.3 is 19.1 Å². The molecule has 11 nitrogen and oxygen atoms in total. The van der Waals surface area contributed by atoms with Crippen molar-refractivity contribution in [2.75, 3.05) is 20.3 Å². The maximum Gasteiger partial charge on any atom is 0.310 e. The number of ether oxygens (including phenoxy) is 2. The molecule has 27 heavy (non-hydrogen) atoms. The number of methoxy groups -OCH3 is 1. The largest absolute Gasteiger partial charge is 0.497 e. The van der Waals surface area contributed by atoms with Crippen molar-refractivity contribution in [1.82, 2.24) is 0 Å². The maximum absolute atomic E-state index is 11.9. The van der Waals surface area contributed by atoms with E-state index in [1.165, 1.54) is 0 Å². The Morgan fingerprint density at radius 2 is 1.74 bits per heavy atom. The van der Waals surface area contributed by atoms with E-state index in [9.17, 15) is 25.0 Å². The third-order valence-electron chi connectivity index (χ3n) is 3.49. The van der Waals surface area contributed by atoms with Gasteiger partial charge in [-0.3, -0.25) is 4.79 Å². The molecular formula is C16H16N2O9. The lowest BCUT2D eigenvalue weighted by Gasteiger charge is -2.14. The molecule has 0 aliphatic rings. The van der Waals surface area contributed by atoms with Gasteiger partial charge >= 0.3 is 5.97 Å². The Balaban J connectivity index is 1.94. The highest BCUT2D eigenvalue weighted by Gasteiger charge is 2.18. The SMILES string of the molecule is COc1ccc2cc(CC(=O)OCC(CO[N+](=O)[O-])O[N+](=O)[O-])ccc2c1. The highest BCUT2D eigenvalue weighted by molar-refractivity contribution is 5.85. The summed E-state index contributed by atoms with van der Waals surface area (Å²) in [5.74, 6) is 0.0457. The molecule has 0 saturated heterocycles. The third-order valence-corrected chi connectivity index (χ3v) is 3.49. The lowest BCUT2D eigenvalue weighted by Crippen LogP contribution is -2.30. The van der Waals surface area contributed by atoms with Crippen LogP contribution in [0.3, 0.4) is 0 Å². The predicted molar refractivity (Wildman–Crippen MR) is 90.0 cm³/mol. The number of nitrogens with zero attached hydrogens (tertiary/aromatic N) is 2. The zero-order valence-electron chi connectivity index (χ0n) is 14.2. The number of hydrogen-bond donors (Lipinski definition) is 0. The summed E-state index contributed by atoms with van der Waals surface area (Å²) in [6, 6.07) is 10.9. The number of hydrogen-bond acceptors (Lipinski definition) is 9. The highest BCUT2D eigenvalue weighted by Crippen LogP contribution is 2.22. The molecule has 2 aromatic carbocycles. The smallest absolute Gasteiger partial charge is 0.310 e. The van der Waals surface area contributed by atoms with Crippen LogP contribution in [-0.2, 0) is 25.6 Å². The van der Waals surface area contributed by atoms with E-state index in [-0.39, 0.29) is 6.42 Å². The summed E-state index contributed by atoms with van der Waals surface area (Å²) >= 11 is 0. The average molecular weight is 380 g/mol. The Morgan fingerprint density at radius 3 is 2.41 bits per heavy atom. The van der Waals surface area contributed by atoms with E-state index in [0.717, 1.165) is 10.8 Å². The second-order valence-electron chi connectivity index (χ2n) is 5.38. The number of esters is 1. The van der Waals surface area contributed by atoms with Crippen molar-refractivity contribution < 1.29 is 34.1 Å². The number of fused-ring (bicyclic) bond motifs is 1. The van der Waals surface area contributed by atoms with Gasteiger partial charge in [0.15, 0.2) is 6.10 Å². The van der Waals surface area contributed by atoms with Crippen LogP contribution in [-0.4, -0.2) is 42.6 Å². The number of benzene rings is 2. The second kappa shape index (κ2) is 9.17. The van der Waals surface area contributed by atoms with Crippen molar-refractivity contribution in [3.8, 4) is 5.75 Å². The molecule has 2 rings (SSSR count). The number of carbonyl (C=O) groups excluding carboxylic acids is 1. The Morgan fingerprint density at radius 1 is 1.04 bits per heavy atom. The van der Waals surface area contributed by atoms with Crippen molar-refractivity contribution in [3.05, 3.63) is 62.2 Å². The number of carbonyl (C=O) groups is 1. The summed E-state index contributed by atoms with van der Waals surface area (Å²) in [5.41, 5.74) is 0.672. The fourth-order valence-corrected chi connectivity index (χ4v) is 2.29. The van der Waals surface area contributed by atoms with Crippen molar-refractivity contribution in [2.45, 2.75) is 12.5 Å². The van der Waals surface area contributed by atoms with E-state index in [2.05, 4.69) is 9.68 Å². The molecule has 1 unspecified atom stereocenters. The molecule has 144 valence electrons. The van der Waals surface area contributed by atoms with Gasteiger partial charge in [-0.25, -0.2) is 0 Å².